The van der Waals surface area contributed by atoms with Gasteiger partial charge in [-0.25, -0.2) is 0 Å². The summed E-state index contributed by atoms with van der Waals surface area (Å²) in [5.74, 6) is 0. The predicted molar refractivity (Wildman–Crippen MR) is 52.1 cm³/mol. The minimum Gasteiger partial charge on any atom is -0.390 e. The number of hydrogen-bond acceptors (Lipinski definition) is 2. The highest BCUT2D eigenvalue weighted by Crippen LogP contribution is 2.40. The molecule has 0 unspecified atom stereocenters. The second-order valence-corrected chi connectivity index (χ2v) is 4.30. The molecule has 13 heavy (non-hydrogen) atoms. The molecule has 0 spiro atoms. The maximum Gasteiger partial charge on any atom is 0.0691 e. The lowest BCUT2D eigenvalue weighted by molar-refractivity contribution is 0.151. The summed E-state index contributed by atoms with van der Waals surface area (Å²) in [6.45, 7) is 0. The van der Waals surface area contributed by atoms with Crippen molar-refractivity contribution >= 4 is 23.2 Å². The summed E-state index contributed by atoms with van der Waals surface area (Å²) in [7, 11) is 0. The van der Waals surface area contributed by atoms with Crippen LogP contribution in [0.15, 0.2) is 12.4 Å². The Morgan fingerprint density at radius 3 is 2.31 bits per heavy atom. The van der Waals surface area contributed by atoms with Gasteiger partial charge in [-0.3, -0.25) is 4.98 Å². The van der Waals surface area contributed by atoms with E-state index in [1.54, 1.807) is 12.4 Å². The quantitative estimate of drug-likeness (QED) is 0.826. The largest absolute Gasteiger partial charge is 0.390 e. The van der Waals surface area contributed by atoms with E-state index in [1.807, 2.05) is 0 Å². The van der Waals surface area contributed by atoms with Crippen LogP contribution in [0.25, 0.3) is 0 Å². The SMILES string of the molecule is OC1(Cc2c(Cl)cncc2Cl)CC1. The number of hydrogen-bond donors (Lipinski definition) is 1. The second-order valence-electron chi connectivity index (χ2n) is 3.48. The third kappa shape index (κ3) is 1.96. The zero-order valence-electron chi connectivity index (χ0n) is 6.93. The Labute approximate surface area is 86.5 Å². The molecule has 1 aromatic heterocycles. The average Bonchev–Trinajstić information content (AvgIpc) is 2.78. The van der Waals surface area contributed by atoms with E-state index >= 15 is 0 Å². The Kier molecular flexibility index (Phi) is 2.22. The summed E-state index contributed by atoms with van der Waals surface area (Å²) < 4.78 is 0. The number of aliphatic hydroxyl groups is 1. The second kappa shape index (κ2) is 3.12. The zero-order valence-corrected chi connectivity index (χ0v) is 8.44. The van der Waals surface area contributed by atoms with Gasteiger partial charge in [-0.05, 0) is 18.4 Å². The van der Waals surface area contributed by atoms with E-state index < -0.39 is 5.60 Å². The molecule has 1 N–H and O–H groups in total. The van der Waals surface area contributed by atoms with Crippen LogP contribution in [0, 0.1) is 0 Å². The summed E-state index contributed by atoms with van der Waals surface area (Å²) >= 11 is 11.8. The highest BCUT2D eigenvalue weighted by Gasteiger charge is 2.41. The molecule has 2 rings (SSSR count). The molecule has 0 atom stereocenters. The van der Waals surface area contributed by atoms with Crippen LogP contribution in [-0.4, -0.2) is 15.7 Å². The number of pyridine rings is 1. The van der Waals surface area contributed by atoms with Crippen LogP contribution in [0.2, 0.25) is 10.0 Å². The van der Waals surface area contributed by atoms with Gasteiger partial charge in [-0.2, -0.15) is 0 Å². The molecule has 0 aromatic carbocycles. The van der Waals surface area contributed by atoms with Crippen molar-refractivity contribution in [1.82, 2.24) is 4.98 Å². The first-order valence-corrected chi connectivity index (χ1v) is 4.87. The van der Waals surface area contributed by atoms with Crippen LogP contribution < -0.4 is 0 Å². The van der Waals surface area contributed by atoms with Crippen molar-refractivity contribution in [2.24, 2.45) is 0 Å². The number of rotatable bonds is 2. The molecular weight excluding hydrogens is 209 g/mol. The Bertz CT molecular complexity index is 316. The summed E-state index contributed by atoms with van der Waals surface area (Å²) in [6.07, 6.45) is 5.31. The van der Waals surface area contributed by atoms with E-state index in [2.05, 4.69) is 4.98 Å². The molecule has 0 bridgehead atoms. The first-order chi connectivity index (χ1) is 6.11. The molecule has 0 radical (unpaired) electrons. The van der Waals surface area contributed by atoms with Crippen molar-refractivity contribution in [2.75, 3.05) is 0 Å². The monoisotopic (exact) mass is 217 g/mol. The molecule has 1 aliphatic rings. The van der Waals surface area contributed by atoms with E-state index in [4.69, 9.17) is 23.2 Å². The van der Waals surface area contributed by atoms with Crippen molar-refractivity contribution in [1.29, 1.82) is 0 Å². The van der Waals surface area contributed by atoms with Gasteiger partial charge in [0.1, 0.15) is 0 Å². The molecule has 2 nitrogen and oxygen atoms in total. The predicted octanol–water partition coefficient (Wildman–Crippen LogP) is 2.46. The highest BCUT2D eigenvalue weighted by atomic mass is 35.5. The lowest BCUT2D eigenvalue weighted by Gasteiger charge is -2.10. The first-order valence-electron chi connectivity index (χ1n) is 4.11. The number of aromatic nitrogens is 1. The maximum absolute atomic E-state index is 9.69. The smallest absolute Gasteiger partial charge is 0.0691 e. The lowest BCUT2D eigenvalue weighted by atomic mass is 10.1. The topological polar surface area (TPSA) is 33.1 Å². The van der Waals surface area contributed by atoms with Gasteiger partial charge in [-0.15, -0.1) is 0 Å². The van der Waals surface area contributed by atoms with Gasteiger partial charge < -0.3 is 5.11 Å². The maximum atomic E-state index is 9.69. The van der Waals surface area contributed by atoms with Gasteiger partial charge in [0.25, 0.3) is 0 Å². The van der Waals surface area contributed by atoms with Crippen LogP contribution in [0.4, 0.5) is 0 Å². The van der Waals surface area contributed by atoms with Crippen molar-refractivity contribution < 1.29 is 5.11 Å². The van der Waals surface area contributed by atoms with Crippen molar-refractivity contribution in [3.63, 3.8) is 0 Å². The van der Waals surface area contributed by atoms with E-state index in [1.165, 1.54) is 0 Å². The van der Waals surface area contributed by atoms with Crippen molar-refractivity contribution in [3.8, 4) is 0 Å². The van der Waals surface area contributed by atoms with Gasteiger partial charge in [0.2, 0.25) is 0 Å². The molecule has 0 aliphatic heterocycles. The summed E-state index contributed by atoms with van der Waals surface area (Å²) in [5, 5.41) is 10.8. The van der Waals surface area contributed by atoms with E-state index in [9.17, 15) is 5.11 Å². The van der Waals surface area contributed by atoms with E-state index in [-0.39, 0.29) is 0 Å². The van der Waals surface area contributed by atoms with Crippen LogP contribution in [-0.2, 0) is 6.42 Å². The standard InChI is InChI=1S/C9H9Cl2NO/c10-7-4-12-5-8(11)6(7)3-9(13)1-2-9/h4-5,13H,1-3H2. The lowest BCUT2D eigenvalue weighted by Crippen LogP contribution is -2.11. The van der Waals surface area contributed by atoms with Crippen LogP contribution >= 0.6 is 23.2 Å². The Morgan fingerprint density at radius 1 is 1.31 bits per heavy atom. The molecular formula is C9H9Cl2NO. The Hall–Kier alpha value is -0.310. The fourth-order valence-electron chi connectivity index (χ4n) is 1.26. The summed E-state index contributed by atoms with van der Waals surface area (Å²) in [5.41, 5.74) is 0.243. The van der Waals surface area contributed by atoms with Crippen molar-refractivity contribution in [3.05, 3.63) is 28.0 Å². The molecule has 0 amide bonds. The third-order valence-electron chi connectivity index (χ3n) is 2.29. The summed E-state index contributed by atoms with van der Waals surface area (Å²) in [4.78, 5) is 3.85. The fraction of sp³-hybridized carbons (Fsp3) is 0.444. The Morgan fingerprint density at radius 2 is 1.85 bits per heavy atom. The van der Waals surface area contributed by atoms with Gasteiger partial charge in [-0.1, -0.05) is 23.2 Å². The fourth-order valence-corrected chi connectivity index (χ4v) is 1.76. The molecule has 1 heterocycles. The van der Waals surface area contributed by atoms with E-state index in [0.717, 1.165) is 18.4 Å². The average molecular weight is 218 g/mol. The van der Waals surface area contributed by atoms with Crippen LogP contribution in [0.5, 0.6) is 0 Å². The molecule has 4 heteroatoms. The molecule has 1 fully saturated rings. The molecule has 0 saturated heterocycles. The van der Waals surface area contributed by atoms with E-state index in [0.29, 0.717) is 16.5 Å². The van der Waals surface area contributed by atoms with Gasteiger partial charge in [0, 0.05) is 18.8 Å². The minimum atomic E-state index is -0.561. The highest BCUT2D eigenvalue weighted by molar-refractivity contribution is 6.35. The molecule has 1 aromatic rings. The Balaban J connectivity index is 2.28. The zero-order chi connectivity index (χ0) is 9.47. The van der Waals surface area contributed by atoms with Crippen molar-refractivity contribution in [2.45, 2.75) is 24.9 Å². The molecule has 1 saturated carbocycles. The van der Waals surface area contributed by atoms with Gasteiger partial charge in [0.05, 0.1) is 15.6 Å². The number of halogens is 2. The molecule has 1 aliphatic carbocycles. The van der Waals surface area contributed by atoms with Gasteiger partial charge >= 0.3 is 0 Å². The number of nitrogens with zero attached hydrogens (tertiary/aromatic N) is 1. The van der Waals surface area contributed by atoms with Crippen LogP contribution in [0.1, 0.15) is 18.4 Å². The first kappa shape index (κ1) is 9.25. The summed E-state index contributed by atoms with van der Waals surface area (Å²) in [6, 6.07) is 0. The third-order valence-corrected chi connectivity index (χ3v) is 2.94. The van der Waals surface area contributed by atoms with Crippen LogP contribution in [0.3, 0.4) is 0 Å². The minimum absolute atomic E-state index is 0.535. The molecule has 70 valence electrons. The van der Waals surface area contributed by atoms with Gasteiger partial charge in [0.15, 0.2) is 0 Å². The normalized spacial score (nSPS) is 18.7.